The molecule has 0 spiro atoms. The molecule has 0 unspecified atom stereocenters. The highest BCUT2D eigenvalue weighted by atomic mass is 32.2. The molecular formula is C15H18FN5OS. The second kappa shape index (κ2) is 7.77. The number of carbonyl (C=O) groups excluding carboxylic acids is 1. The quantitative estimate of drug-likeness (QED) is 0.459. The minimum absolute atomic E-state index is 0.255. The number of nitrogen functional groups attached to an aromatic ring is 1. The predicted octanol–water partition coefficient (Wildman–Crippen LogP) is 2.51. The van der Waals surface area contributed by atoms with Gasteiger partial charge in [-0.1, -0.05) is 30.8 Å². The average Bonchev–Trinajstić information content (AvgIpc) is 2.54. The fourth-order valence-corrected chi connectivity index (χ4v) is 2.61. The number of nitrogens with one attached hydrogen (secondary N) is 1. The Balaban J connectivity index is 2.38. The first-order valence-corrected chi connectivity index (χ1v) is 8.02. The van der Waals surface area contributed by atoms with Gasteiger partial charge in [-0.2, -0.15) is 0 Å². The zero-order valence-electron chi connectivity index (χ0n) is 12.9. The molecule has 1 aromatic carbocycles. The molecule has 0 radical (unpaired) electrons. The third-order valence-electron chi connectivity index (χ3n) is 3.09. The van der Waals surface area contributed by atoms with Crippen LogP contribution in [0.4, 0.5) is 21.7 Å². The molecule has 0 saturated heterocycles. The molecule has 0 aliphatic heterocycles. The molecule has 0 aliphatic carbocycles. The first kappa shape index (κ1) is 17.0. The van der Waals surface area contributed by atoms with Crippen LogP contribution in [0.2, 0.25) is 0 Å². The minimum Gasteiger partial charge on any atom is -0.382 e. The van der Waals surface area contributed by atoms with Crippen LogP contribution in [-0.2, 0) is 11.3 Å². The van der Waals surface area contributed by atoms with Crippen molar-refractivity contribution in [1.82, 2.24) is 9.97 Å². The maximum Gasteiger partial charge on any atom is 0.215 e. The van der Waals surface area contributed by atoms with Gasteiger partial charge < -0.3 is 11.1 Å². The van der Waals surface area contributed by atoms with Crippen molar-refractivity contribution in [2.24, 2.45) is 0 Å². The first-order chi connectivity index (χ1) is 11.1. The van der Waals surface area contributed by atoms with E-state index < -0.39 is 0 Å². The normalized spacial score (nSPS) is 10.4. The van der Waals surface area contributed by atoms with Crippen molar-refractivity contribution < 1.29 is 9.18 Å². The molecule has 23 heavy (non-hydrogen) atoms. The summed E-state index contributed by atoms with van der Waals surface area (Å²) in [5.41, 5.74) is 7.22. The van der Waals surface area contributed by atoms with Gasteiger partial charge in [0.2, 0.25) is 6.41 Å². The molecule has 122 valence electrons. The Morgan fingerprint density at radius 2 is 2.04 bits per heavy atom. The van der Waals surface area contributed by atoms with Gasteiger partial charge in [-0.25, -0.2) is 14.4 Å². The van der Waals surface area contributed by atoms with Gasteiger partial charge in [-0.05, 0) is 23.4 Å². The number of hydrogen-bond donors (Lipinski definition) is 2. The number of thioether (sulfide) groups is 1. The van der Waals surface area contributed by atoms with Crippen LogP contribution in [0, 0.1) is 5.82 Å². The number of aromatic nitrogens is 2. The molecule has 1 aromatic heterocycles. The van der Waals surface area contributed by atoms with Crippen molar-refractivity contribution in [3.8, 4) is 0 Å². The predicted molar refractivity (Wildman–Crippen MR) is 91.0 cm³/mol. The van der Waals surface area contributed by atoms with Gasteiger partial charge in [0.1, 0.15) is 11.5 Å². The van der Waals surface area contributed by atoms with E-state index in [0.29, 0.717) is 23.1 Å². The van der Waals surface area contributed by atoms with Crippen LogP contribution in [0.3, 0.4) is 0 Å². The lowest BCUT2D eigenvalue weighted by Crippen LogP contribution is -2.24. The van der Waals surface area contributed by atoms with E-state index in [1.165, 1.54) is 28.8 Å². The van der Waals surface area contributed by atoms with Crippen LogP contribution in [0.15, 0.2) is 29.4 Å². The Bertz CT molecular complexity index is 680. The standard InChI is InChI=1S/C15H18FN5OS/c1-3-23-15-19-13(17)12(18-2)14(20-15)21(9-22)8-10-4-6-11(16)7-5-10/h4-7,9,18H,3,8H2,1-2H3,(H2,17,19,20). The van der Waals surface area contributed by atoms with Gasteiger partial charge in [-0.15, -0.1) is 0 Å². The molecule has 3 N–H and O–H groups in total. The fourth-order valence-electron chi connectivity index (χ4n) is 2.03. The van der Waals surface area contributed by atoms with Gasteiger partial charge in [-0.3, -0.25) is 9.69 Å². The van der Waals surface area contributed by atoms with Gasteiger partial charge in [0, 0.05) is 7.05 Å². The van der Waals surface area contributed by atoms with Crippen molar-refractivity contribution in [2.75, 3.05) is 28.8 Å². The third kappa shape index (κ3) is 4.10. The smallest absolute Gasteiger partial charge is 0.215 e. The first-order valence-electron chi connectivity index (χ1n) is 7.03. The molecule has 0 aliphatic rings. The van der Waals surface area contributed by atoms with E-state index in [9.17, 15) is 9.18 Å². The van der Waals surface area contributed by atoms with Gasteiger partial charge in [0.15, 0.2) is 16.8 Å². The molecule has 0 saturated carbocycles. The average molecular weight is 335 g/mol. The number of carbonyl (C=O) groups is 1. The summed E-state index contributed by atoms with van der Waals surface area (Å²) in [5.74, 6) is 1.14. The largest absolute Gasteiger partial charge is 0.382 e. The van der Waals surface area contributed by atoms with E-state index in [0.717, 1.165) is 11.3 Å². The number of anilines is 3. The van der Waals surface area contributed by atoms with Gasteiger partial charge in [0.25, 0.3) is 0 Å². The summed E-state index contributed by atoms with van der Waals surface area (Å²) in [7, 11) is 1.69. The van der Waals surface area contributed by atoms with Crippen molar-refractivity contribution in [3.05, 3.63) is 35.6 Å². The lowest BCUT2D eigenvalue weighted by molar-refractivity contribution is -0.107. The molecule has 6 nitrogen and oxygen atoms in total. The summed E-state index contributed by atoms with van der Waals surface area (Å²) >= 11 is 1.44. The van der Waals surface area contributed by atoms with Crippen LogP contribution >= 0.6 is 11.8 Å². The van der Waals surface area contributed by atoms with Crippen molar-refractivity contribution >= 4 is 35.5 Å². The Morgan fingerprint density at radius 3 is 2.61 bits per heavy atom. The monoisotopic (exact) mass is 335 g/mol. The Morgan fingerprint density at radius 1 is 1.35 bits per heavy atom. The SMILES string of the molecule is CCSc1nc(N)c(NC)c(N(C=O)Cc2ccc(F)cc2)n1. The maximum atomic E-state index is 13.0. The molecule has 2 aromatic rings. The van der Waals surface area contributed by atoms with Crippen LogP contribution in [0.5, 0.6) is 0 Å². The third-order valence-corrected chi connectivity index (χ3v) is 3.82. The minimum atomic E-state index is -0.324. The van der Waals surface area contributed by atoms with Gasteiger partial charge >= 0.3 is 0 Å². The van der Waals surface area contributed by atoms with Crippen LogP contribution in [0.1, 0.15) is 12.5 Å². The molecule has 1 heterocycles. The van der Waals surface area contributed by atoms with E-state index >= 15 is 0 Å². The summed E-state index contributed by atoms with van der Waals surface area (Å²) in [6.07, 6.45) is 0.673. The molecule has 1 amide bonds. The lowest BCUT2D eigenvalue weighted by Gasteiger charge is -2.21. The summed E-state index contributed by atoms with van der Waals surface area (Å²) < 4.78 is 13.0. The molecule has 0 bridgehead atoms. The molecule has 8 heteroatoms. The highest BCUT2D eigenvalue weighted by Crippen LogP contribution is 2.31. The van der Waals surface area contributed by atoms with Crippen molar-refractivity contribution in [1.29, 1.82) is 0 Å². The number of halogens is 1. The number of rotatable bonds is 7. The summed E-state index contributed by atoms with van der Waals surface area (Å²) in [4.78, 5) is 21.6. The molecule has 0 atom stereocenters. The molecule has 2 rings (SSSR count). The number of amides is 1. The van der Waals surface area contributed by atoms with Gasteiger partial charge in [0.05, 0.1) is 6.54 Å². The summed E-state index contributed by atoms with van der Waals surface area (Å²) in [5, 5.41) is 3.43. The highest BCUT2D eigenvalue weighted by molar-refractivity contribution is 7.99. The topological polar surface area (TPSA) is 84.1 Å². The lowest BCUT2D eigenvalue weighted by atomic mass is 10.2. The Kier molecular flexibility index (Phi) is 5.75. The van der Waals surface area contributed by atoms with E-state index in [2.05, 4.69) is 15.3 Å². The highest BCUT2D eigenvalue weighted by Gasteiger charge is 2.18. The Labute approximate surface area is 138 Å². The fraction of sp³-hybridized carbons (Fsp3) is 0.267. The van der Waals surface area contributed by atoms with E-state index in [4.69, 9.17) is 5.73 Å². The number of benzene rings is 1. The van der Waals surface area contributed by atoms with Crippen LogP contribution in [0.25, 0.3) is 0 Å². The maximum absolute atomic E-state index is 13.0. The number of nitrogens with two attached hydrogens (primary N) is 1. The Hall–Kier alpha value is -2.35. The van der Waals surface area contributed by atoms with Crippen molar-refractivity contribution in [2.45, 2.75) is 18.6 Å². The molecular weight excluding hydrogens is 317 g/mol. The zero-order chi connectivity index (χ0) is 16.8. The summed E-state index contributed by atoms with van der Waals surface area (Å²) in [6, 6.07) is 5.95. The van der Waals surface area contributed by atoms with Crippen LogP contribution in [-0.4, -0.2) is 29.2 Å². The van der Waals surface area contributed by atoms with E-state index in [-0.39, 0.29) is 18.2 Å². The molecule has 0 fully saturated rings. The van der Waals surface area contributed by atoms with Crippen LogP contribution < -0.4 is 16.0 Å². The van der Waals surface area contributed by atoms with E-state index in [1.54, 1.807) is 19.2 Å². The second-order valence-electron chi connectivity index (χ2n) is 4.63. The van der Waals surface area contributed by atoms with Crippen molar-refractivity contribution in [3.63, 3.8) is 0 Å². The number of hydrogen-bond acceptors (Lipinski definition) is 6. The van der Waals surface area contributed by atoms with E-state index in [1.807, 2.05) is 6.92 Å². The second-order valence-corrected chi connectivity index (χ2v) is 5.86. The number of nitrogens with zero attached hydrogens (tertiary/aromatic N) is 3. The zero-order valence-corrected chi connectivity index (χ0v) is 13.7. The summed E-state index contributed by atoms with van der Waals surface area (Å²) in [6.45, 7) is 2.23.